The lowest BCUT2D eigenvalue weighted by molar-refractivity contribution is -0.120. The van der Waals surface area contributed by atoms with Crippen LogP contribution in [0.25, 0.3) is 0 Å². The normalized spacial score (nSPS) is 15.8. The van der Waals surface area contributed by atoms with E-state index in [0.29, 0.717) is 12.3 Å². The fourth-order valence-corrected chi connectivity index (χ4v) is 2.76. The summed E-state index contributed by atoms with van der Waals surface area (Å²) in [6.07, 6.45) is 3.50. The SMILES string of the molecule is CNC(=O)CCC1CCN(C(=O)c2ccc(C)cc2)CC1. The molecule has 0 bridgehead atoms. The molecule has 2 rings (SSSR count). The summed E-state index contributed by atoms with van der Waals surface area (Å²) in [7, 11) is 1.67. The number of nitrogens with zero attached hydrogens (tertiary/aromatic N) is 1. The van der Waals surface area contributed by atoms with Crippen molar-refractivity contribution in [3.05, 3.63) is 35.4 Å². The van der Waals surface area contributed by atoms with Crippen molar-refractivity contribution in [3.8, 4) is 0 Å². The topological polar surface area (TPSA) is 49.4 Å². The number of benzene rings is 1. The number of hydrogen-bond acceptors (Lipinski definition) is 2. The zero-order valence-corrected chi connectivity index (χ0v) is 12.9. The van der Waals surface area contributed by atoms with Crippen molar-refractivity contribution in [2.75, 3.05) is 20.1 Å². The molecule has 1 N–H and O–H groups in total. The molecule has 1 aliphatic rings. The number of aryl methyl sites for hydroxylation is 1. The lowest BCUT2D eigenvalue weighted by Gasteiger charge is -2.32. The van der Waals surface area contributed by atoms with E-state index in [9.17, 15) is 9.59 Å². The van der Waals surface area contributed by atoms with Crippen LogP contribution >= 0.6 is 0 Å². The van der Waals surface area contributed by atoms with E-state index in [0.717, 1.165) is 37.9 Å². The highest BCUT2D eigenvalue weighted by atomic mass is 16.2. The van der Waals surface area contributed by atoms with Crippen LogP contribution in [0.15, 0.2) is 24.3 Å². The molecule has 1 aromatic carbocycles. The van der Waals surface area contributed by atoms with Crippen LogP contribution in [0.4, 0.5) is 0 Å². The minimum Gasteiger partial charge on any atom is -0.359 e. The molecular formula is C17H24N2O2. The number of likely N-dealkylation sites (tertiary alicyclic amines) is 1. The van der Waals surface area contributed by atoms with Crippen molar-refractivity contribution in [1.82, 2.24) is 10.2 Å². The first-order valence-corrected chi connectivity index (χ1v) is 7.66. The monoisotopic (exact) mass is 288 g/mol. The number of amides is 2. The average molecular weight is 288 g/mol. The van der Waals surface area contributed by atoms with E-state index in [4.69, 9.17) is 0 Å². The number of hydrogen-bond donors (Lipinski definition) is 1. The average Bonchev–Trinajstić information content (AvgIpc) is 2.53. The van der Waals surface area contributed by atoms with Crippen molar-refractivity contribution in [1.29, 1.82) is 0 Å². The number of nitrogens with one attached hydrogen (secondary N) is 1. The van der Waals surface area contributed by atoms with Crippen LogP contribution in [0.2, 0.25) is 0 Å². The van der Waals surface area contributed by atoms with Gasteiger partial charge in [0.15, 0.2) is 0 Å². The second-order valence-electron chi connectivity index (χ2n) is 5.81. The van der Waals surface area contributed by atoms with Crippen molar-refractivity contribution >= 4 is 11.8 Å². The second-order valence-corrected chi connectivity index (χ2v) is 5.81. The maximum atomic E-state index is 12.4. The summed E-state index contributed by atoms with van der Waals surface area (Å²) < 4.78 is 0. The Hall–Kier alpha value is -1.84. The van der Waals surface area contributed by atoms with Crippen molar-refractivity contribution in [2.24, 2.45) is 5.92 Å². The third kappa shape index (κ3) is 4.31. The summed E-state index contributed by atoms with van der Waals surface area (Å²) in [6, 6.07) is 7.75. The Kier molecular flexibility index (Phi) is 5.37. The minimum absolute atomic E-state index is 0.105. The minimum atomic E-state index is 0.105. The van der Waals surface area contributed by atoms with Gasteiger partial charge in [0.2, 0.25) is 5.91 Å². The number of carbonyl (C=O) groups is 2. The highest BCUT2D eigenvalue weighted by Gasteiger charge is 2.23. The van der Waals surface area contributed by atoms with E-state index in [-0.39, 0.29) is 11.8 Å². The fraction of sp³-hybridized carbons (Fsp3) is 0.529. The standard InChI is InChI=1S/C17H24N2O2/c1-13-3-6-15(7-4-13)17(21)19-11-9-14(10-12-19)5-8-16(20)18-2/h3-4,6-7,14H,5,8-12H2,1-2H3,(H,18,20). The van der Waals surface area contributed by atoms with E-state index >= 15 is 0 Å². The first-order chi connectivity index (χ1) is 10.1. The van der Waals surface area contributed by atoms with Gasteiger partial charge in [-0.15, -0.1) is 0 Å². The quantitative estimate of drug-likeness (QED) is 0.924. The van der Waals surface area contributed by atoms with Crippen LogP contribution in [0.5, 0.6) is 0 Å². The molecule has 0 unspecified atom stereocenters. The van der Waals surface area contributed by atoms with Crippen LogP contribution in [0, 0.1) is 12.8 Å². The summed E-state index contributed by atoms with van der Waals surface area (Å²) in [6.45, 7) is 3.61. The van der Waals surface area contributed by atoms with Crippen molar-refractivity contribution < 1.29 is 9.59 Å². The molecule has 4 heteroatoms. The molecule has 0 atom stereocenters. The first kappa shape index (κ1) is 15.5. The fourth-order valence-electron chi connectivity index (χ4n) is 2.76. The lowest BCUT2D eigenvalue weighted by Crippen LogP contribution is -2.38. The predicted molar refractivity (Wildman–Crippen MR) is 83.1 cm³/mol. The van der Waals surface area contributed by atoms with Crippen LogP contribution < -0.4 is 5.32 Å². The highest BCUT2D eigenvalue weighted by molar-refractivity contribution is 5.94. The maximum Gasteiger partial charge on any atom is 0.253 e. The molecule has 2 amide bonds. The van der Waals surface area contributed by atoms with Gasteiger partial charge in [-0.25, -0.2) is 0 Å². The summed E-state index contributed by atoms with van der Waals surface area (Å²) in [5.41, 5.74) is 1.93. The zero-order valence-electron chi connectivity index (χ0n) is 12.9. The predicted octanol–water partition coefficient (Wildman–Crippen LogP) is 2.37. The van der Waals surface area contributed by atoms with E-state index in [1.54, 1.807) is 7.05 Å². The van der Waals surface area contributed by atoms with E-state index in [1.165, 1.54) is 5.56 Å². The highest BCUT2D eigenvalue weighted by Crippen LogP contribution is 2.23. The van der Waals surface area contributed by atoms with Gasteiger partial charge in [-0.05, 0) is 44.2 Å². The van der Waals surface area contributed by atoms with Crippen molar-refractivity contribution in [2.45, 2.75) is 32.6 Å². The van der Waals surface area contributed by atoms with Gasteiger partial charge in [-0.2, -0.15) is 0 Å². The third-order valence-corrected chi connectivity index (χ3v) is 4.26. The molecule has 1 aliphatic heterocycles. The Morgan fingerprint density at radius 1 is 1.19 bits per heavy atom. The Morgan fingerprint density at radius 3 is 2.38 bits per heavy atom. The van der Waals surface area contributed by atoms with E-state index in [2.05, 4.69) is 5.32 Å². The molecular weight excluding hydrogens is 264 g/mol. The molecule has 0 aromatic heterocycles. The zero-order chi connectivity index (χ0) is 15.2. The summed E-state index contributed by atoms with van der Waals surface area (Å²) in [5.74, 6) is 0.789. The van der Waals surface area contributed by atoms with Gasteiger partial charge in [0, 0.05) is 32.1 Å². The largest absolute Gasteiger partial charge is 0.359 e. The molecule has 114 valence electrons. The summed E-state index contributed by atoms with van der Waals surface area (Å²) in [4.78, 5) is 25.6. The lowest BCUT2D eigenvalue weighted by atomic mass is 9.91. The van der Waals surface area contributed by atoms with Crippen molar-refractivity contribution in [3.63, 3.8) is 0 Å². The van der Waals surface area contributed by atoms with Gasteiger partial charge in [-0.1, -0.05) is 17.7 Å². The van der Waals surface area contributed by atoms with Crippen LogP contribution in [0.1, 0.15) is 41.6 Å². The molecule has 0 saturated carbocycles. The molecule has 0 aliphatic carbocycles. The van der Waals surface area contributed by atoms with Gasteiger partial charge in [0.1, 0.15) is 0 Å². The smallest absolute Gasteiger partial charge is 0.253 e. The van der Waals surface area contributed by atoms with Gasteiger partial charge in [0.25, 0.3) is 5.91 Å². The molecule has 0 radical (unpaired) electrons. The molecule has 1 heterocycles. The Labute approximate surface area is 126 Å². The van der Waals surface area contributed by atoms with Gasteiger partial charge >= 0.3 is 0 Å². The van der Waals surface area contributed by atoms with Crippen LogP contribution in [0.3, 0.4) is 0 Å². The second kappa shape index (κ2) is 7.25. The van der Waals surface area contributed by atoms with E-state index < -0.39 is 0 Å². The first-order valence-electron chi connectivity index (χ1n) is 7.66. The third-order valence-electron chi connectivity index (χ3n) is 4.26. The number of carbonyl (C=O) groups excluding carboxylic acids is 2. The Bertz CT molecular complexity index is 488. The van der Waals surface area contributed by atoms with Crippen LogP contribution in [-0.4, -0.2) is 36.9 Å². The van der Waals surface area contributed by atoms with E-state index in [1.807, 2.05) is 36.1 Å². The van der Waals surface area contributed by atoms with Gasteiger partial charge < -0.3 is 10.2 Å². The van der Waals surface area contributed by atoms with Gasteiger partial charge in [0.05, 0.1) is 0 Å². The molecule has 1 fully saturated rings. The molecule has 1 aromatic rings. The number of piperidine rings is 1. The molecule has 0 spiro atoms. The Morgan fingerprint density at radius 2 is 1.81 bits per heavy atom. The maximum absolute atomic E-state index is 12.4. The summed E-state index contributed by atoms with van der Waals surface area (Å²) in [5, 5.41) is 2.65. The van der Waals surface area contributed by atoms with Gasteiger partial charge in [-0.3, -0.25) is 9.59 Å². The molecule has 4 nitrogen and oxygen atoms in total. The Balaban J connectivity index is 1.82. The molecule has 1 saturated heterocycles. The summed E-state index contributed by atoms with van der Waals surface area (Å²) >= 11 is 0. The number of rotatable bonds is 4. The molecule has 21 heavy (non-hydrogen) atoms. The van der Waals surface area contributed by atoms with Crippen LogP contribution in [-0.2, 0) is 4.79 Å².